The molecule has 1 N–H and O–H groups in total. The van der Waals surface area contributed by atoms with E-state index in [0.29, 0.717) is 16.8 Å². The van der Waals surface area contributed by atoms with E-state index in [9.17, 15) is 17.6 Å². The maximum absolute atomic E-state index is 14.7. The Kier molecular flexibility index (Phi) is 6.91. The van der Waals surface area contributed by atoms with Crippen LogP contribution in [0.1, 0.15) is 41.3 Å². The molecule has 166 valence electrons. The van der Waals surface area contributed by atoms with E-state index in [0.717, 1.165) is 37.6 Å². The summed E-state index contributed by atoms with van der Waals surface area (Å²) in [6.07, 6.45) is 1.69. The lowest BCUT2D eigenvalue weighted by molar-refractivity contribution is 0.102. The number of hydrogen-bond acceptors (Lipinski definition) is 4. The fourth-order valence-corrected chi connectivity index (χ4v) is 5.14. The van der Waals surface area contributed by atoms with Gasteiger partial charge in [0.05, 0.1) is 10.6 Å². The number of piperidine rings is 1. The van der Waals surface area contributed by atoms with Crippen molar-refractivity contribution in [3.63, 3.8) is 0 Å². The number of nitrogens with one attached hydrogen (secondary N) is 1. The Balaban J connectivity index is 1.84. The number of benzene rings is 2. The molecule has 1 heterocycles. The minimum absolute atomic E-state index is 0.0688. The second kappa shape index (κ2) is 9.28. The van der Waals surface area contributed by atoms with Gasteiger partial charge in [0.15, 0.2) is 0 Å². The molecule has 1 aliphatic rings. The zero-order chi connectivity index (χ0) is 22.8. The first kappa shape index (κ1) is 23.1. The summed E-state index contributed by atoms with van der Waals surface area (Å²) in [6, 6.07) is 9.24. The SMILES string of the molecule is CC(=NS(=O)(=O)c1cc(F)c(NC(=O)c2ccccc2C)cc1C)C1CCN(C)CC1. The van der Waals surface area contributed by atoms with Crippen LogP contribution in [0.2, 0.25) is 0 Å². The molecule has 8 heteroatoms. The number of sulfonamides is 1. The Bertz CT molecular complexity index is 1120. The van der Waals surface area contributed by atoms with E-state index in [1.165, 1.54) is 6.07 Å². The largest absolute Gasteiger partial charge is 0.319 e. The molecular formula is C23H28FN3O3S. The highest BCUT2D eigenvalue weighted by molar-refractivity contribution is 7.90. The number of carbonyl (C=O) groups is 1. The second-order valence-electron chi connectivity index (χ2n) is 8.15. The molecule has 0 atom stereocenters. The topological polar surface area (TPSA) is 78.8 Å². The van der Waals surface area contributed by atoms with E-state index in [-0.39, 0.29) is 16.5 Å². The summed E-state index contributed by atoms with van der Waals surface area (Å²) in [5, 5.41) is 2.53. The van der Waals surface area contributed by atoms with Crippen LogP contribution in [0.5, 0.6) is 0 Å². The van der Waals surface area contributed by atoms with Gasteiger partial charge < -0.3 is 10.2 Å². The molecule has 2 aromatic rings. The first-order valence-electron chi connectivity index (χ1n) is 10.3. The van der Waals surface area contributed by atoms with Gasteiger partial charge in [0.25, 0.3) is 15.9 Å². The number of likely N-dealkylation sites (tertiary alicyclic amines) is 1. The number of rotatable bonds is 5. The maximum Gasteiger partial charge on any atom is 0.282 e. The van der Waals surface area contributed by atoms with Crippen molar-refractivity contribution >= 4 is 27.3 Å². The predicted molar refractivity (Wildman–Crippen MR) is 121 cm³/mol. The summed E-state index contributed by atoms with van der Waals surface area (Å²) < 4.78 is 44.5. The van der Waals surface area contributed by atoms with Crippen LogP contribution >= 0.6 is 0 Å². The van der Waals surface area contributed by atoms with Crippen LogP contribution in [0.15, 0.2) is 45.7 Å². The Hall–Kier alpha value is -2.58. The van der Waals surface area contributed by atoms with Crippen molar-refractivity contribution < 1.29 is 17.6 Å². The third-order valence-electron chi connectivity index (χ3n) is 5.75. The molecule has 0 saturated carbocycles. The van der Waals surface area contributed by atoms with Crippen LogP contribution in [0.25, 0.3) is 0 Å². The van der Waals surface area contributed by atoms with Crippen LogP contribution in [-0.2, 0) is 10.0 Å². The molecule has 31 heavy (non-hydrogen) atoms. The predicted octanol–water partition coefficient (Wildman–Crippen LogP) is 4.19. The lowest BCUT2D eigenvalue weighted by Gasteiger charge is -2.28. The third kappa shape index (κ3) is 5.37. The fraction of sp³-hybridized carbons (Fsp3) is 0.391. The minimum Gasteiger partial charge on any atom is -0.319 e. The van der Waals surface area contributed by atoms with Crippen molar-refractivity contribution in [3.8, 4) is 0 Å². The molecule has 1 amide bonds. The van der Waals surface area contributed by atoms with E-state index in [1.54, 1.807) is 39.0 Å². The standard InChI is InChI=1S/C23H28FN3O3S/c1-15-7-5-6-8-19(15)23(28)25-21-13-16(2)22(14-20(21)24)31(29,30)26-17(3)18-9-11-27(4)12-10-18/h5-8,13-14,18H,9-12H2,1-4H3,(H,25,28). The van der Waals surface area contributed by atoms with Gasteiger partial charge in [-0.3, -0.25) is 4.79 Å². The highest BCUT2D eigenvalue weighted by atomic mass is 32.2. The maximum atomic E-state index is 14.7. The summed E-state index contributed by atoms with van der Waals surface area (Å²) in [7, 11) is -2.03. The van der Waals surface area contributed by atoms with Crippen LogP contribution in [0.3, 0.4) is 0 Å². The van der Waals surface area contributed by atoms with Crippen molar-refractivity contribution in [2.75, 3.05) is 25.5 Å². The highest BCUT2D eigenvalue weighted by Gasteiger charge is 2.24. The van der Waals surface area contributed by atoms with Gasteiger partial charge >= 0.3 is 0 Å². The molecule has 1 fully saturated rings. The number of aryl methyl sites for hydroxylation is 2. The summed E-state index contributed by atoms with van der Waals surface area (Å²) >= 11 is 0. The molecule has 0 spiro atoms. The molecule has 3 rings (SSSR count). The first-order valence-corrected chi connectivity index (χ1v) is 11.7. The van der Waals surface area contributed by atoms with Crippen LogP contribution in [0, 0.1) is 25.6 Å². The van der Waals surface area contributed by atoms with Crippen molar-refractivity contribution in [2.45, 2.75) is 38.5 Å². The number of hydrogen-bond donors (Lipinski definition) is 1. The molecule has 0 aliphatic carbocycles. The Morgan fingerprint density at radius 2 is 1.77 bits per heavy atom. The lowest BCUT2D eigenvalue weighted by Crippen LogP contribution is -2.33. The van der Waals surface area contributed by atoms with Crippen molar-refractivity contribution in [2.24, 2.45) is 10.3 Å². The van der Waals surface area contributed by atoms with Gasteiger partial charge in [-0.1, -0.05) is 18.2 Å². The summed E-state index contributed by atoms with van der Waals surface area (Å²) in [5.74, 6) is -1.18. The van der Waals surface area contributed by atoms with Crippen molar-refractivity contribution in [1.29, 1.82) is 0 Å². The average Bonchev–Trinajstić information content (AvgIpc) is 2.70. The smallest absolute Gasteiger partial charge is 0.282 e. The van der Waals surface area contributed by atoms with E-state index in [1.807, 2.05) is 13.1 Å². The molecule has 2 aromatic carbocycles. The number of halogens is 1. The number of amides is 1. The summed E-state index contributed by atoms with van der Waals surface area (Å²) in [4.78, 5) is 14.5. The highest BCUT2D eigenvalue weighted by Crippen LogP contribution is 2.27. The normalized spacial score (nSPS) is 16.4. The van der Waals surface area contributed by atoms with E-state index < -0.39 is 21.7 Å². The van der Waals surface area contributed by atoms with Crippen LogP contribution in [-0.4, -0.2) is 45.1 Å². The molecule has 0 unspecified atom stereocenters. The third-order valence-corrected chi connectivity index (χ3v) is 7.28. The molecule has 1 aliphatic heterocycles. The minimum atomic E-state index is -4.06. The lowest BCUT2D eigenvalue weighted by atomic mass is 9.93. The van der Waals surface area contributed by atoms with Gasteiger partial charge in [0, 0.05) is 17.2 Å². The van der Waals surface area contributed by atoms with Crippen molar-refractivity contribution in [1.82, 2.24) is 4.90 Å². The average molecular weight is 446 g/mol. The second-order valence-corrected chi connectivity index (χ2v) is 9.72. The van der Waals surface area contributed by atoms with Gasteiger partial charge in [-0.15, -0.1) is 0 Å². The molecule has 0 aromatic heterocycles. The summed E-state index contributed by atoms with van der Waals surface area (Å²) in [5.41, 5.74) is 1.98. The molecule has 0 bridgehead atoms. The Labute approximate surface area is 183 Å². The Morgan fingerprint density at radius 3 is 2.42 bits per heavy atom. The molecular weight excluding hydrogens is 417 g/mol. The van der Waals surface area contributed by atoms with E-state index in [4.69, 9.17) is 0 Å². The zero-order valence-electron chi connectivity index (χ0n) is 18.3. The van der Waals surface area contributed by atoms with Gasteiger partial charge in [0.1, 0.15) is 5.82 Å². The van der Waals surface area contributed by atoms with Gasteiger partial charge in [-0.2, -0.15) is 12.8 Å². The zero-order valence-corrected chi connectivity index (χ0v) is 19.1. The number of nitrogens with zero attached hydrogens (tertiary/aromatic N) is 2. The number of carbonyl (C=O) groups excluding carboxylic acids is 1. The Morgan fingerprint density at radius 1 is 1.13 bits per heavy atom. The van der Waals surface area contributed by atoms with Crippen LogP contribution in [0.4, 0.5) is 10.1 Å². The fourth-order valence-electron chi connectivity index (χ4n) is 3.79. The number of anilines is 1. The van der Waals surface area contributed by atoms with E-state index in [2.05, 4.69) is 14.6 Å². The monoisotopic (exact) mass is 445 g/mol. The van der Waals surface area contributed by atoms with Crippen molar-refractivity contribution in [3.05, 3.63) is 58.9 Å². The van der Waals surface area contributed by atoms with Gasteiger partial charge in [-0.05, 0) is 83.1 Å². The summed E-state index contributed by atoms with van der Waals surface area (Å²) in [6.45, 7) is 6.85. The first-order chi connectivity index (χ1) is 14.6. The molecule has 0 radical (unpaired) electrons. The molecule has 1 saturated heterocycles. The van der Waals surface area contributed by atoms with E-state index >= 15 is 0 Å². The quantitative estimate of drug-likeness (QED) is 0.700. The molecule has 6 nitrogen and oxygen atoms in total. The van der Waals surface area contributed by atoms with Gasteiger partial charge in [-0.25, -0.2) is 4.39 Å². The van der Waals surface area contributed by atoms with Gasteiger partial charge in [0.2, 0.25) is 0 Å². The van der Waals surface area contributed by atoms with Crippen LogP contribution < -0.4 is 5.32 Å².